The first-order valence-electron chi connectivity index (χ1n) is 11.3. The highest BCUT2D eigenvalue weighted by atomic mass is 14.9. The lowest BCUT2D eigenvalue weighted by Gasteiger charge is -2.11. The van der Waals surface area contributed by atoms with Crippen LogP contribution in [0.1, 0.15) is 0 Å². The minimum atomic E-state index is 1.09. The third-order valence-electron chi connectivity index (χ3n) is 6.18. The number of fused-ring (bicyclic) bond motifs is 2. The fourth-order valence-electron chi connectivity index (χ4n) is 4.43. The lowest BCUT2D eigenvalue weighted by Crippen LogP contribution is -1.90. The molecule has 33 heavy (non-hydrogen) atoms. The summed E-state index contributed by atoms with van der Waals surface area (Å²) in [5.41, 5.74) is 7.16. The van der Waals surface area contributed by atoms with Crippen LogP contribution in [0.15, 0.2) is 133 Å². The van der Waals surface area contributed by atoms with E-state index in [9.17, 15) is 0 Å². The van der Waals surface area contributed by atoms with Gasteiger partial charge in [-0.3, -0.25) is 0 Å². The first-order chi connectivity index (χ1) is 16.3. The van der Waals surface area contributed by atoms with E-state index >= 15 is 0 Å². The van der Waals surface area contributed by atoms with Gasteiger partial charge in [-0.1, -0.05) is 97.1 Å². The van der Waals surface area contributed by atoms with Crippen molar-refractivity contribution in [3.63, 3.8) is 0 Å². The Morgan fingerprint density at radius 2 is 0.697 bits per heavy atom. The van der Waals surface area contributed by atoms with Gasteiger partial charge in [0.15, 0.2) is 0 Å². The smallest absolute Gasteiger partial charge is 0.0390 e. The Labute approximate surface area is 194 Å². The zero-order valence-corrected chi connectivity index (χ0v) is 18.2. The van der Waals surface area contributed by atoms with E-state index in [2.05, 4.69) is 139 Å². The number of anilines is 2. The van der Waals surface area contributed by atoms with E-state index in [1.165, 1.54) is 43.8 Å². The molecule has 0 aliphatic heterocycles. The van der Waals surface area contributed by atoms with E-state index in [-0.39, 0.29) is 0 Å². The van der Waals surface area contributed by atoms with Crippen LogP contribution in [0.4, 0.5) is 11.4 Å². The zero-order valence-electron chi connectivity index (χ0n) is 18.2. The Bertz CT molecular complexity index is 1450. The number of hydrogen-bond donors (Lipinski definition) is 1. The molecule has 0 bridgehead atoms. The average Bonchev–Trinajstić information content (AvgIpc) is 2.89. The first kappa shape index (κ1) is 19.3. The predicted octanol–water partition coefficient (Wildman–Crippen LogP) is 9.07. The van der Waals surface area contributed by atoms with Crippen LogP contribution in [0.25, 0.3) is 43.8 Å². The molecule has 1 heteroatoms. The summed E-state index contributed by atoms with van der Waals surface area (Å²) < 4.78 is 0. The number of hydrogen-bond acceptors (Lipinski definition) is 1. The highest BCUT2D eigenvalue weighted by Crippen LogP contribution is 2.30. The van der Waals surface area contributed by atoms with Crippen molar-refractivity contribution in [2.45, 2.75) is 0 Å². The highest BCUT2D eigenvalue weighted by Gasteiger charge is 2.04. The standard InChI is InChI=1S/C32H23N/c1-3-7-23(8-4-1)25-11-13-29-21-31(17-15-27(29)19-25)33-32-18-16-28-20-26(12-14-30(28)22-32)24-9-5-2-6-10-24/h1-22,33H. The van der Waals surface area contributed by atoms with Gasteiger partial charge in [-0.25, -0.2) is 0 Å². The van der Waals surface area contributed by atoms with Crippen molar-refractivity contribution in [3.05, 3.63) is 133 Å². The van der Waals surface area contributed by atoms with Gasteiger partial charge in [0.05, 0.1) is 0 Å². The van der Waals surface area contributed by atoms with Gasteiger partial charge >= 0.3 is 0 Å². The van der Waals surface area contributed by atoms with Gasteiger partial charge < -0.3 is 5.32 Å². The average molecular weight is 422 g/mol. The van der Waals surface area contributed by atoms with E-state index in [1.54, 1.807) is 0 Å². The van der Waals surface area contributed by atoms with Crippen molar-refractivity contribution in [2.75, 3.05) is 5.32 Å². The third-order valence-corrected chi connectivity index (χ3v) is 6.18. The molecule has 0 spiro atoms. The summed E-state index contributed by atoms with van der Waals surface area (Å²) in [7, 11) is 0. The highest BCUT2D eigenvalue weighted by molar-refractivity contribution is 5.92. The third kappa shape index (κ3) is 3.97. The zero-order chi connectivity index (χ0) is 22.0. The fourth-order valence-corrected chi connectivity index (χ4v) is 4.43. The second-order valence-corrected chi connectivity index (χ2v) is 8.41. The van der Waals surface area contributed by atoms with Crippen molar-refractivity contribution in [2.24, 2.45) is 0 Å². The molecule has 6 aromatic rings. The molecule has 0 heterocycles. The molecule has 156 valence electrons. The molecule has 0 aromatic heterocycles. The lowest BCUT2D eigenvalue weighted by molar-refractivity contribution is 1.58. The molecule has 6 rings (SSSR count). The van der Waals surface area contributed by atoms with E-state index in [4.69, 9.17) is 0 Å². The molecule has 0 fully saturated rings. The van der Waals surface area contributed by atoms with Gasteiger partial charge in [0.1, 0.15) is 0 Å². The molecule has 0 saturated heterocycles. The van der Waals surface area contributed by atoms with Gasteiger partial charge in [-0.15, -0.1) is 0 Å². The largest absolute Gasteiger partial charge is 0.355 e. The first-order valence-corrected chi connectivity index (χ1v) is 11.3. The molecule has 1 N–H and O–H groups in total. The van der Waals surface area contributed by atoms with Crippen LogP contribution in [0.5, 0.6) is 0 Å². The summed E-state index contributed by atoms with van der Waals surface area (Å²) in [6, 6.07) is 47.5. The van der Waals surface area contributed by atoms with Crippen molar-refractivity contribution >= 4 is 32.9 Å². The molecular formula is C32H23N. The van der Waals surface area contributed by atoms with E-state index in [0.717, 1.165) is 11.4 Å². The van der Waals surface area contributed by atoms with Crippen molar-refractivity contribution in [1.82, 2.24) is 0 Å². The van der Waals surface area contributed by atoms with Crippen LogP contribution in [0.2, 0.25) is 0 Å². The van der Waals surface area contributed by atoms with E-state index < -0.39 is 0 Å². The monoisotopic (exact) mass is 421 g/mol. The second-order valence-electron chi connectivity index (χ2n) is 8.41. The summed E-state index contributed by atoms with van der Waals surface area (Å²) in [6.45, 7) is 0. The summed E-state index contributed by atoms with van der Waals surface area (Å²) in [5.74, 6) is 0. The maximum Gasteiger partial charge on any atom is 0.0390 e. The molecule has 0 atom stereocenters. The Morgan fingerprint density at radius 1 is 0.303 bits per heavy atom. The second kappa shape index (κ2) is 8.29. The van der Waals surface area contributed by atoms with Crippen molar-refractivity contribution < 1.29 is 0 Å². The number of benzene rings is 6. The topological polar surface area (TPSA) is 12.0 Å². The maximum absolute atomic E-state index is 3.58. The van der Waals surface area contributed by atoms with Crippen LogP contribution in [0.3, 0.4) is 0 Å². The number of nitrogens with one attached hydrogen (secondary N) is 1. The molecule has 0 aliphatic carbocycles. The Hall–Kier alpha value is -4.36. The summed E-state index contributed by atoms with van der Waals surface area (Å²) in [4.78, 5) is 0. The Kier molecular flexibility index (Phi) is 4.86. The molecule has 1 nitrogen and oxygen atoms in total. The number of rotatable bonds is 4. The van der Waals surface area contributed by atoms with Gasteiger partial charge in [0.2, 0.25) is 0 Å². The molecule has 6 aromatic carbocycles. The van der Waals surface area contributed by atoms with E-state index in [1.807, 2.05) is 0 Å². The molecule has 0 radical (unpaired) electrons. The predicted molar refractivity (Wildman–Crippen MR) is 142 cm³/mol. The van der Waals surface area contributed by atoms with Crippen LogP contribution in [-0.4, -0.2) is 0 Å². The van der Waals surface area contributed by atoms with Crippen molar-refractivity contribution in [1.29, 1.82) is 0 Å². The van der Waals surface area contributed by atoms with Gasteiger partial charge in [0.25, 0.3) is 0 Å². The molecular weight excluding hydrogens is 398 g/mol. The SMILES string of the molecule is c1ccc(-c2ccc3cc(Nc4ccc5cc(-c6ccccc6)ccc5c4)ccc3c2)cc1. The Balaban J connectivity index is 1.27. The summed E-state index contributed by atoms with van der Waals surface area (Å²) >= 11 is 0. The van der Waals surface area contributed by atoms with Crippen molar-refractivity contribution in [3.8, 4) is 22.3 Å². The quantitative estimate of drug-likeness (QED) is 0.299. The van der Waals surface area contributed by atoms with Crippen LogP contribution in [0, 0.1) is 0 Å². The minimum absolute atomic E-state index is 1.09. The fraction of sp³-hybridized carbons (Fsp3) is 0. The van der Waals surface area contributed by atoms with Gasteiger partial charge in [-0.05, 0) is 80.2 Å². The molecule has 0 saturated carbocycles. The normalized spacial score (nSPS) is 11.0. The van der Waals surface area contributed by atoms with Gasteiger partial charge in [-0.2, -0.15) is 0 Å². The summed E-state index contributed by atoms with van der Waals surface area (Å²) in [5, 5.41) is 8.53. The van der Waals surface area contributed by atoms with Crippen LogP contribution < -0.4 is 5.32 Å². The molecule has 0 amide bonds. The molecule has 0 unspecified atom stereocenters. The molecule has 0 aliphatic rings. The maximum atomic E-state index is 3.58. The lowest BCUT2D eigenvalue weighted by atomic mass is 10.0. The van der Waals surface area contributed by atoms with Crippen LogP contribution in [-0.2, 0) is 0 Å². The van der Waals surface area contributed by atoms with E-state index in [0.29, 0.717) is 0 Å². The summed E-state index contributed by atoms with van der Waals surface area (Å²) in [6.07, 6.45) is 0. The Morgan fingerprint density at radius 3 is 1.15 bits per heavy atom. The van der Waals surface area contributed by atoms with Crippen LogP contribution >= 0.6 is 0 Å². The minimum Gasteiger partial charge on any atom is -0.355 e. The van der Waals surface area contributed by atoms with Gasteiger partial charge in [0, 0.05) is 11.4 Å².